The third-order valence-electron chi connectivity index (χ3n) is 5.82. The highest BCUT2D eigenvalue weighted by Gasteiger charge is 2.29. The number of nitrogens with zero attached hydrogens (tertiary/aromatic N) is 3. The first-order valence-electron chi connectivity index (χ1n) is 9.75. The molecule has 1 atom stereocenters. The summed E-state index contributed by atoms with van der Waals surface area (Å²) in [6, 6.07) is 9.70. The van der Waals surface area contributed by atoms with Gasteiger partial charge in [0.05, 0.1) is 6.54 Å². The SMILES string of the molecule is N[C@@H]1CCCCN(C2=NN(C3CCCCC3)Cc3ccccc32)C1. The number of nitrogens with two attached hydrogens (primary N) is 1. The summed E-state index contributed by atoms with van der Waals surface area (Å²) in [5.41, 5.74) is 9.06. The number of benzene rings is 1. The number of fused-ring (bicyclic) bond motifs is 1. The lowest BCUT2D eigenvalue weighted by Gasteiger charge is -2.38. The van der Waals surface area contributed by atoms with Gasteiger partial charge < -0.3 is 10.6 Å². The number of hydrazone groups is 1. The second-order valence-corrected chi connectivity index (χ2v) is 7.67. The number of amidine groups is 1. The van der Waals surface area contributed by atoms with Gasteiger partial charge in [-0.1, -0.05) is 49.9 Å². The van der Waals surface area contributed by atoms with Crippen LogP contribution in [0.25, 0.3) is 0 Å². The molecule has 4 heteroatoms. The Morgan fingerprint density at radius 3 is 2.62 bits per heavy atom. The maximum absolute atomic E-state index is 6.32. The number of rotatable bonds is 1. The maximum atomic E-state index is 6.32. The summed E-state index contributed by atoms with van der Waals surface area (Å²) in [5.74, 6) is 1.17. The molecule has 0 spiro atoms. The summed E-state index contributed by atoms with van der Waals surface area (Å²) in [7, 11) is 0. The first kappa shape index (κ1) is 15.9. The van der Waals surface area contributed by atoms with E-state index in [9.17, 15) is 0 Å². The van der Waals surface area contributed by atoms with Crippen molar-refractivity contribution in [1.82, 2.24) is 9.91 Å². The van der Waals surface area contributed by atoms with Crippen molar-refractivity contribution in [3.8, 4) is 0 Å². The molecule has 0 bridgehead atoms. The molecule has 0 amide bonds. The highest BCUT2D eigenvalue weighted by atomic mass is 15.5. The van der Waals surface area contributed by atoms with Crippen LogP contribution in [0.3, 0.4) is 0 Å². The minimum atomic E-state index is 0.271. The molecule has 1 saturated heterocycles. The zero-order valence-electron chi connectivity index (χ0n) is 14.7. The van der Waals surface area contributed by atoms with E-state index in [1.165, 1.54) is 61.9 Å². The molecule has 2 N–H and O–H groups in total. The third-order valence-corrected chi connectivity index (χ3v) is 5.82. The summed E-state index contributed by atoms with van der Waals surface area (Å²) in [4.78, 5) is 2.45. The second kappa shape index (κ2) is 7.14. The summed E-state index contributed by atoms with van der Waals surface area (Å²) in [5, 5.41) is 7.55. The fourth-order valence-electron chi connectivity index (χ4n) is 4.45. The molecule has 2 heterocycles. The van der Waals surface area contributed by atoms with Crippen LogP contribution >= 0.6 is 0 Å². The van der Waals surface area contributed by atoms with Crippen LogP contribution in [-0.4, -0.2) is 40.9 Å². The lowest BCUT2D eigenvalue weighted by Crippen LogP contribution is -2.45. The molecule has 0 radical (unpaired) electrons. The Kier molecular flexibility index (Phi) is 4.74. The van der Waals surface area contributed by atoms with Crippen molar-refractivity contribution >= 4 is 5.84 Å². The van der Waals surface area contributed by atoms with Gasteiger partial charge in [0.1, 0.15) is 0 Å². The Bertz CT molecular complexity index is 591. The molecule has 4 rings (SSSR count). The normalized spacial score (nSPS) is 25.9. The zero-order valence-corrected chi connectivity index (χ0v) is 14.7. The number of hydrogen-bond acceptors (Lipinski definition) is 4. The van der Waals surface area contributed by atoms with Crippen molar-refractivity contribution in [3.05, 3.63) is 35.4 Å². The molecule has 1 saturated carbocycles. The van der Waals surface area contributed by atoms with Gasteiger partial charge in [-0.25, -0.2) is 0 Å². The maximum Gasteiger partial charge on any atom is 0.156 e. The van der Waals surface area contributed by atoms with Crippen molar-refractivity contribution in [1.29, 1.82) is 0 Å². The molecule has 24 heavy (non-hydrogen) atoms. The van der Waals surface area contributed by atoms with Gasteiger partial charge in [0.25, 0.3) is 0 Å². The van der Waals surface area contributed by atoms with Crippen LogP contribution < -0.4 is 5.73 Å². The van der Waals surface area contributed by atoms with E-state index in [1.807, 2.05) is 0 Å². The Labute approximate surface area is 145 Å². The first-order chi connectivity index (χ1) is 11.8. The van der Waals surface area contributed by atoms with E-state index >= 15 is 0 Å². The molecule has 2 fully saturated rings. The van der Waals surface area contributed by atoms with Crippen molar-refractivity contribution in [2.24, 2.45) is 10.8 Å². The van der Waals surface area contributed by atoms with Gasteiger partial charge >= 0.3 is 0 Å². The van der Waals surface area contributed by atoms with Crippen molar-refractivity contribution in [2.45, 2.75) is 70.0 Å². The van der Waals surface area contributed by atoms with Gasteiger partial charge in [-0.2, -0.15) is 5.10 Å². The van der Waals surface area contributed by atoms with Gasteiger partial charge in [0, 0.05) is 30.7 Å². The van der Waals surface area contributed by atoms with Crippen LogP contribution in [0.5, 0.6) is 0 Å². The minimum absolute atomic E-state index is 0.271. The highest BCUT2D eigenvalue weighted by Crippen LogP contribution is 2.29. The fraction of sp³-hybridized carbons (Fsp3) is 0.650. The zero-order chi connectivity index (χ0) is 16.4. The van der Waals surface area contributed by atoms with Crippen LogP contribution in [0, 0.1) is 0 Å². The lowest BCUT2D eigenvalue weighted by atomic mass is 9.94. The van der Waals surface area contributed by atoms with Crippen LogP contribution in [-0.2, 0) is 6.54 Å². The van der Waals surface area contributed by atoms with Crippen molar-refractivity contribution in [3.63, 3.8) is 0 Å². The lowest BCUT2D eigenvalue weighted by molar-refractivity contribution is 0.147. The topological polar surface area (TPSA) is 44.9 Å². The molecule has 130 valence electrons. The van der Waals surface area contributed by atoms with Crippen LogP contribution in [0.1, 0.15) is 62.5 Å². The predicted octanol–water partition coefficient (Wildman–Crippen LogP) is 3.31. The Morgan fingerprint density at radius 2 is 1.75 bits per heavy atom. The second-order valence-electron chi connectivity index (χ2n) is 7.67. The minimum Gasteiger partial charge on any atom is -0.353 e. The van der Waals surface area contributed by atoms with Crippen molar-refractivity contribution < 1.29 is 0 Å². The van der Waals surface area contributed by atoms with Gasteiger partial charge in [-0.05, 0) is 31.2 Å². The largest absolute Gasteiger partial charge is 0.353 e. The van der Waals surface area contributed by atoms with E-state index in [1.54, 1.807) is 0 Å². The highest BCUT2D eigenvalue weighted by molar-refractivity contribution is 6.00. The smallest absolute Gasteiger partial charge is 0.156 e. The molecular formula is C20H30N4. The molecule has 1 aromatic rings. The molecule has 1 aliphatic carbocycles. The van der Waals surface area contributed by atoms with Crippen LogP contribution in [0.15, 0.2) is 29.4 Å². The van der Waals surface area contributed by atoms with Gasteiger partial charge in [-0.15, -0.1) is 0 Å². The Morgan fingerprint density at radius 1 is 0.958 bits per heavy atom. The summed E-state index contributed by atoms with van der Waals surface area (Å²) < 4.78 is 0. The van der Waals surface area contributed by atoms with Crippen molar-refractivity contribution in [2.75, 3.05) is 13.1 Å². The average Bonchev–Trinajstić information content (AvgIpc) is 2.86. The molecule has 0 aromatic heterocycles. The standard InChI is InChI=1S/C20H30N4/c21-17-9-6-7-13-23(15-17)20-19-12-5-4-8-16(19)14-24(22-20)18-10-2-1-3-11-18/h4-5,8,12,17-18H,1-3,6-7,9-11,13-15,21H2/t17-/m1/s1. The van der Waals surface area contributed by atoms with E-state index in [0.29, 0.717) is 6.04 Å². The predicted molar refractivity (Wildman–Crippen MR) is 98.8 cm³/mol. The summed E-state index contributed by atoms with van der Waals surface area (Å²) in [6.07, 6.45) is 10.3. The van der Waals surface area contributed by atoms with E-state index in [-0.39, 0.29) is 6.04 Å². The van der Waals surface area contributed by atoms with E-state index in [0.717, 1.165) is 26.1 Å². The quantitative estimate of drug-likeness (QED) is 0.861. The molecule has 2 aliphatic heterocycles. The first-order valence-corrected chi connectivity index (χ1v) is 9.75. The van der Waals surface area contributed by atoms with Gasteiger partial charge in [0.2, 0.25) is 0 Å². The molecule has 4 nitrogen and oxygen atoms in total. The third kappa shape index (κ3) is 3.30. The average molecular weight is 326 g/mol. The van der Waals surface area contributed by atoms with Crippen LogP contribution in [0.4, 0.5) is 0 Å². The molecule has 0 unspecified atom stereocenters. The van der Waals surface area contributed by atoms with E-state index in [2.05, 4.69) is 34.2 Å². The Hall–Kier alpha value is -1.55. The monoisotopic (exact) mass is 326 g/mol. The van der Waals surface area contributed by atoms with Crippen LogP contribution in [0.2, 0.25) is 0 Å². The summed E-state index contributed by atoms with van der Waals surface area (Å²) >= 11 is 0. The van der Waals surface area contributed by atoms with E-state index in [4.69, 9.17) is 10.8 Å². The molecule has 3 aliphatic rings. The van der Waals surface area contributed by atoms with Gasteiger partial charge in [-0.3, -0.25) is 5.01 Å². The number of likely N-dealkylation sites (tertiary alicyclic amines) is 1. The molecular weight excluding hydrogens is 296 g/mol. The Balaban J connectivity index is 1.65. The number of hydrogen-bond donors (Lipinski definition) is 1. The van der Waals surface area contributed by atoms with E-state index < -0.39 is 0 Å². The van der Waals surface area contributed by atoms with Gasteiger partial charge in [0.15, 0.2) is 5.84 Å². The summed E-state index contributed by atoms with van der Waals surface area (Å²) in [6.45, 7) is 2.98. The fourth-order valence-corrected chi connectivity index (χ4v) is 4.45. The molecule has 1 aromatic carbocycles.